The van der Waals surface area contributed by atoms with Crippen LogP contribution in [0.5, 0.6) is 0 Å². The molecule has 0 spiro atoms. The fourth-order valence-electron chi connectivity index (χ4n) is 19.4. The van der Waals surface area contributed by atoms with Crippen LogP contribution in [-0.4, -0.2) is 13.2 Å². The highest BCUT2D eigenvalue weighted by Gasteiger charge is 2.38. The van der Waals surface area contributed by atoms with Gasteiger partial charge in [0.15, 0.2) is 17.1 Å². The number of imidazole rings is 3. The van der Waals surface area contributed by atoms with Crippen LogP contribution < -0.4 is 13.7 Å². The number of hydrogen-bond acceptors (Lipinski definition) is 0. The van der Waals surface area contributed by atoms with Gasteiger partial charge in [-0.05, 0) is 151 Å². The number of para-hydroxylation sites is 2. The van der Waals surface area contributed by atoms with Gasteiger partial charge in [-0.3, -0.25) is 0 Å². The Morgan fingerprint density at radius 2 is 0.768 bits per heavy atom. The van der Waals surface area contributed by atoms with E-state index in [9.17, 15) is 0 Å². The highest BCUT2D eigenvalue weighted by molar-refractivity contribution is 6.16. The summed E-state index contributed by atoms with van der Waals surface area (Å²) in [5.74, 6) is 2.64. The van der Waals surface area contributed by atoms with Gasteiger partial charge in [0.05, 0.1) is 16.2 Å². The molecule has 2 fully saturated rings. The van der Waals surface area contributed by atoms with Crippen LogP contribution in [0.15, 0.2) is 195 Å². The van der Waals surface area contributed by atoms with Gasteiger partial charge in [-0.2, -0.15) is 13.2 Å². The highest BCUT2D eigenvalue weighted by Crippen LogP contribution is 2.48. The maximum atomic E-state index is 2.64. The predicted octanol–water partition coefficient (Wildman–Crippen LogP) is 22.4. The van der Waals surface area contributed by atoms with Crippen LogP contribution in [0.4, 0.5) is 0 Å². The Morgan fingerprint density at radius 1 is 0.384 bits per heavy atom. The first-order valence-corrected chi connectivity index (χ1v) is 37.7. The number of aryl methyl sites for hydroxylation is 2. The zero-order valence-corrected chi connectivity index (χ0v) is 59.8. The average Bonchev–Trinajstić information content (AvgIpc) is 1.57. The Kier molecular flexibility index (Phi) is 15.1. The molecule has 6 nitrogen and oxygen atoms in total. The summed E-state index contributed by atoms with van der Waals surface area (Å²) in [7, 11) is 0. The Balaban J connectivity index is 0.000000108. The molecule has 0 atom stereocenters. The molecule has 0 saturated heterocycles. The average molecular weight is 1300 g/mol. The molecule has 0 radical (unpaired) electrons. The van der Waals surface area contributed by atoms with E-state index in [0.717, 1.165) is 38.9 Å². The molecule has 5 aliphatic rings. The van der Waals surface area contributed by atoms with Crippen molar-refractivity contribution in [1.82, 2.24) is 13.2 Å². The third kappa shape index (κ3) is 10.3. The van der Waals surface area contributed by atoms with E-state index in [2.05, 4.69) is 284 Å². The summed E-state index contributed by atoms with van der Waals surface area (Å²) in [5, 5.41) is 12.5. The minimum Gasteiger partial charge on any atom is -0.225 e. The van der Waals surface area contributed by atoms with Crippen LogP contribution in [0.25, 0.3) is 116 Å². The summed E-state index contributed by atoms with van der Waals surface area (Å²) in [6.07, 6.45) is 24.3. The monoisotopic (exact) mass is 1300 g/mol. The van der Waals surface area contributed by atoms with Crippen LogP contribution in [-0.2, 0) is 38.9 Å². The molecule has 20 rings (SSSR count). The molecule has 15 aromatic rings. The van der Waals surface area contributed by atoms with Crippen LogP contribution in [0.3, 0.4) is 0 Å². The molecule has 99 heavy (non-hydrogen) atoms. The summed E-state index contributed by atoms with van der Waals surface area (Å²) >= 11 is 0. The van der Waals surface area contributed by atoms with E-state index in [0.29, 0.717) is 23.7 Å². The van der Waals surface area contributed by atoms with Gasteiger partial charge in [-0.25, -0.2) is 13.7 Å². The maximum absolute atomic E-state index is 2.64. The zero-order valence-electron chi connectivity index (χ0n) is 59.8. The van der Waals surface area contributed by atoms with Crippen molar-refractivity contribution in [2.45, 2.75) is 177 Å². The van der Waals surface area contributed by atoms with Crippen molar-refractivity contribution in [3.8, 4) is 33.8 Å². The van der Waals surface area contributed by atoms with Crippen LogP contribution in [0.2, 0.25) is 0 Å². The topological polar surface area (TPSA) is 24.9 Å². The van der Waals surface area contributed by atoms with E-state index in [4.69, 9.17) is 0 Å². The molecule has 3 aliphatic heterocycles. The second-order valence-corrected chi connectivity index (χ2v) is 32.4. The molecule has 9 aromatic carbocycles. The normalized spacial score (nSPS) is 15.2. The third-order valence-electron chi connectivity index (χ3n) is 23.3. The summed E-state index contributed by atoms with van der Waals surface area (Å²) in [4.78, 5) is 0. The van der Waals surface area contributed by atoms with Crippen molar-refractivity contribution >= 4 is 82.0 Å². The molecule has 0 bridgehead atoms. The predicted molar refractivity (Wildman–Crippen MR) is 413 cm³/mol. The molecule has 6 heteroatoms. The van der Waals surface area contributed by atoms with Crippen LogP contribution in [0.1, 0.15) is 180 Å². The summed E-state index contributed by atoms with van der Waals surface area (Å²) in [6.45, 7) is 23.6. The smallest absolute Gasteiger partial charge is 0.225 e. The van der Waals surface area contributed by atoms with Crippen molar-refractivity contribution in [1.29, 1.82) is 0 Å². The van der Waals surface area contributed by atoms with E-state index in [1.807, 2.05) is 0 Å². The van der Waals surface area contributed by atoms with E-state index in [1.165, 1.54) is 219 Å². The second-order valence-electron chi connectivity index (χ2n) is 32.4. The van der Waals surface area contributed by atoms with E-state index >= 15 is 0 Å². The Hall–Kier alpha value is -9.39. The van der Waals surface area contributed by atoms with Crippen molar-refractivity contribution in [2.75, 3.05) is 0 Å². The third-order valence-corrected chi connectivity index (χ3v) is 23.3. The van der Waals surface area contributed by atoms with Crippen molar-refractivity contribution in [3.63, 3.8) is 0 Å². The molecule has 0 unspecified atom stereocenters. The number of rotatable bonds is 10. The largest absolute Gasteiger partial charge is 0.295 e. The van der Waals surface area contributed by atoms with Gasteiger partial charge in [0.1, 0.15) is 54.8 Å². The van der Waals surface area contributed by atoms with E-state index in [1.54, 1.807) is 16.7 Å². The first kappa shape index (κ1) is 61.9. The first-order chi connectivity index (χ1) is 48.2. The van der Waals surface area contributed by atoms with Gasteiger partial charge in [0.2, 0.25) is 0 Å². The Bertz CT molecular complexity index is 5700. The number of nitrogens with zero attached hydrogens (tertiary/aromatic N) is 6. The molecule has 0 amide bonds. The fourth-order valence-corrected chi connectivity index (χ4v) is 19.4. The molecular formula is C93H95N6+3. The maximum Gasteiger partial charge on any atom is 0.295 e. The van der Waals surface area contributed by atoms with E-state index < -0.39 is 0 Å². The quantitative estimate of drug-likeness (QED) is 0.0963. The van der Waals surface area contributed by atoms with Gasteiger partial charge >= 0.3 is 0 Å². The van der Waals surface area contributed by atoms with Gasteiger partial charge < -0.3 is 0 Å². The molecular weight excluding hydrogens is 1200 g/mol. The lowest BCUT2D eigenvalue weighted by Gasteiger charge is -2.29. The molecule has 2 saturated carbocycles. The number of fused-ring (bicyclic) bond motifs is 9. The molecule has 494 valence electrons. The zero-order chi connectivity index (χ0) is 67.1. The number of pyridine rings is 3. The lowest BCUT2D eigenvalue weighted by Crippen LogP contribution is -2.28. The standard InChI is InChI=1S/C34H35N2.C30H31N2.C29H29N2/c1-3-11-23(12-4-1)26-17-10-18-27(24-13-5-2-6-14-24)33(26)31-22-35-21-25-15-9-19-29-28-16-7-8-20-30(28)36(31)34(35)32(25)29;1-19(2)15-21-9-7-10-22(16-20(3)4)28(21)27-18-31-17-23-11-8-13-25-24-12-5-6-14-26(24)32(27)30(31)29(23)25;1-18-8-6-9-19(2)26(18)25-17-30-16-21-10-7-11-22-23-14-20(15-29(3,4)5)12-13-24(23)31(25)28(30)27(21)22/h7-10,15-20,22-24H,1-6,11-14,21H2;5-14,18-20H,15-17H2,1-4H3;6-14,17H,15-16H2,1-5H3/q3*+1. The fraction of sp³-hybridized carbons (Fsp3) is 0.323. The lowest BCUT2D eigenvalue weighted by atomic mass is 9.76. The first-order valence-electron chi connectivity index (χ1n) is 37.7. The molecule has 9 heterocycles. The van der Waals surface area contributed by atoms with Crippen LogP contribution >= 0.6 is 0 Å². The number of aromatic nitrogens is 6. The van der Waals surface area contributed by atoms with E-state index in [-0.39, 0.29) is 5.41 Å². The van der Waals surface area contributed by atoms with Gasteiger partial charge in [0, 0.05) is 65.7 Å². The molecule has 0 N–H and O–H groups in total. The second kappa shape index (κ2) is 24.2. The summed E-state index contributed by atoms with van der Waals surface area (Å²) in [5.41, 5.74) is 31.4. The SMILES string of the molecule is CC(C)Cc1cccc(CC(C)C)c1-c1c[n+]2c3c4c(cccc4c4ccccc4n13)C2.Cc1cccc(C)c1-c1c[n+]2c3c4c(cccc4c4cc(CC(C)(C)C)ccc4n13)C2.c1cc(C2CCCCC2)c(-c2c[n+]3c4c5c(cccc5c5ccccc5n24)C3)c(C2CCCCC2)c1. The van der Waals surface area contributed by atoms with Crippen molar-refractivity contribution in [3.05, 3.63) is 250 Å². The minimum absolute atomic E-state index is 0.270. The highest BCUT2D eigenvalue weighted by atomic mass is 15.2. The van der Waals surface area contributed by atoms with Crippen molar-refractivity contribution < 1.29 is 13.7 Å². The van der Waals surface area contributed by atoms with Gasteiger partial charge in [-0.1, -0.05) is 239 Å². The van der Waals surface area contributed by atoms with Crippen molar-refractivity contribution in [2.24, 2.45) is 17.3 Å². The number of benzene rings is 9. The Morgan fingerprint density at radius 3 is 1.22 bits per heavy atom. The van der Waals surface area contributed by atoms with Crippen LogP contribution in [0, 0.1) is 31.1 Å². The minimum atomic E-state index is 0.270. The summed E-state index contributed by atoms with van der Waals surface area (Å²) < 4.78 is 15.2. The Labute approximate surface area is 583 Å². The lowest BCUT2D eigenvalue weighted by molar-refractivity contribution is -0.657. The number of hydrogen-bond donors (Lipinski definition) is 0. The summed E-state index contributed by atoms with van der Waals surface area (Å²) in [6, 6.07) is 66.6. The van der Waals surface area contributed by atoms with Gasteiger partial charge in [0.25, 0.3) is 16.9 Å². The molecule has 2 aliphatic carbocycles. The molecule has 6 aromatic heterocycles. The van der Waals surface area contributed by atoms with Gasteiger partial charge in [-0.15, -0.1) is 0 Å².